The normalized spacial score (nSPS) is 16.2. The van der Waals surface area contributed by atoms with Crippen LogP contribution in [0.5, 0.6) is 0 Å². The van der Waals surface area contributed by atoms with Crippen molar-refractivity contribution in [1.29, 1.82) is 0 Å². The van der Waals surface area contributed by atoms with Crippen LogP contribution in [0.15, 0.2) is 0 Å². The Hall–Kier alpha value is 0.995. The van der Waals surface area contributed by atoms with E-state index in [9.17, 15) is 0 Å². The third kappa shape index (κ3) is 13.9. The maximum absolute atomic E-state index is 6.12. The van der Waals surface area contributed by atoms with E-state index in [1.807, 2.05) is 0 Å². The number of hydrogen-bond acceptors (Lipinski definition) is 6. The van der Waals surface area contributed by atoms with E-state index in [-0.39, 0.29) is 21.1 Å². The molecule has 3 unspecified atom stereocenters. The summed E-state index contributed by atoms with van der Waals surface area (Å²) in [6.07, 6.45) is 5.76. The quantitative estimate of drug-likeness (QED) is 0.239. The van der Waals surface area contributed by atoms with E-state index in [1.165, 1.54) is 0 Å². The molecule has 0 aliphatic heterocycles. The minimum Gasteiger partial charge on any atom is -0.374 e. The average Bonchev–Trinajstić information content (AvgIpc) is 2.37. The lowest BCUT2D eigenvalue weighted by Gasteiger charge is -2.29. The highest BCUT2D eigenvalue weighted by Crippen LogP contribution is 2.32. The van der Waals surface area contributed by atoms with Crippen LogP contribution in [-0.2, 0) is 14.0 Å². The summed E-state index contributed by atoms with van der Waals surface area (Å²) >= 11 is 10.7. The fourth-order valence-electron chi connectivity index (χ4n) is 1.89. The fraction of sp³-hybridized carbons (Fsp3) is 1.00. The molecule has 3 atom stereocenters. The molecule has 0 aromatic rings. The van der Waals surface area contributed by atoms with Crippen LogP contribution >= 0.6 is 37.0 Å². The molecule has 0 amide bonds. The van der Waals surface area contributed by atoms with Gasteiger partial charge in [-0.05, 0) is 19.3 Å². The van der Waals surface area contributed by atoms with Gasteiger partial charge < -0.3 is 14.0 Å². The molecule has 0 aliphatic rings. The van der Waals surface area contributed by atoms with Crippen molar-refractivity contribution in [3.8, 4) is 0 Å². The van der Waals surface area contributed by atoms with E-state index in [1.54, 1.807) is 11.8 Å². The second-order valence-electron chi connectivity index (χ2n) is 6.63. The number of hydrogen-bond donors (Lipinski definition) is 2. The molecule has 138 valence electrons. The maximum Gasteiger partial charge on any atom is 0.641 e. The molecule has 0 bridgehead atoms. The Morgan fingerprint density at radius 3 is 1.61 bits per heavy atom. The molecular weight excluding hydrogens is 347 g/mol. The van der Waals surface area contributed by atoms with Crippen LogP contribution in [0.1, 0.15) is 80.1 Å². The van der Waals surface area contributed by atoms with Crippen LogP contribution in [0.2, 0.25) is 0 Å². The predicted octanol–water partition coefficient (Wildman–Crippen LogP) is 5.79. The van der Waals surface area contributed by atoms with Crippen LogP contribution in [0, 0.1) is 0 Å². The van der Waals surface area contributed by atoms with E-state index in [4.69, 9.17) is 14.0 Å². The van der Waals surface area contributed by atoms with Crippen molar-refractivity contribution in [1.82, 2.24) is 0 Å². The second-order valence-corrected chi connectivity index (χ2v) is 9.77. The van der Waals surface area contributed by atoms with Gasteiger partial charge in [-0.3, -0.25) is 0 Å². The zero-order valence-corrected chi connectivity index (χ0v) is 18.2. The first-order chi connectivity index (χ1) is 10.7. The van der Waals surface area contributed by atoms with Crippen molar-refractivity contribution < 1.29 is 14.0 Å². The highest BCUT2D eigenvalue weighted by Gasteiger charge is 2.32. The van der Waals surface area contributed by atoms with Gasteiger partial charge in [0.25, 0.3) is 0 Å². The molecule has 0 heterocycles. The summed E-state index contributed by atoms with van der Waals surface area (Å²) in [6, 6.07) is 0. The van der Waals surface area contributed by atoms with Crippen molar-refractivity contribution >= 4 is 44.3 Å². The molecular formula is C16H35BO3S3. The maximum atomic E-state index is 6.12. The molecule has 23 heavy (non-hydrogen) atoms. The Morgan fingerprint density at radius 2 is 1.26 bits per heavy atom. The lowest BCUT2D eigenvalue weighted by molar-refractivity contribution is 0.0638. The Morgan fingerprint density at radius 1 is 0.826 bits per heavy atom. The van der Waals surface area contributed by atoms with Crippen molar-refractivity contribution in [2.24, 2.45) is 0 Å². The third-order valence-electron chi connectivity index (χ3n) is 2.88. The average molecular weight is 382 g/mol. The van der Waals surface area contributed by atoms with Crippen molar-refractivity contribution in [3.63, 3.8) is 0 Å². The molecule has 0 spiro atoms. The molecule has 7 heteroatoms. The zero-order valence-electron chi connectivity index (χ0n) is 15.6. The largest absolute Gasteiger partial charge is 0.641 e. The summed E-state index contributed by atoms with van der Waals surface area (Å²) in [6.45, 7) is 13.0. The molecule has 3 nitrogen and oxygen atoms in total. The van der Waals surface area contributed by atoms with E-state index in [2.05, 4.69) is 66.8 Å². The molecule has 0 rings (SSSR count). The van der Waals surface area contributed by atoms with Crippen molar-refractivity contribution in [3.05, 3.63) is 0 Å². The number of rotatable bonds is 13. The summed E-state index contributed by atoms with van der Waals surface area (Å²) in [5.41, 5.74) is -0.336. The Kier molecular flexibility index (Phi) is 13.8. The topological polar surface area (TPSA) is 27.7 Å². The number of thioether (sulfide) groups is 1. The van der Waals surface area contributed by atoms with Crippen molar-refractivity contribution in [2.75, 3.05) is 0 Å². The van der Waals surface area contributed by atoms with Gasteiger partial charge in [-0.2, -0.15) is 0 Å². The molecule has 0 aliphatic carbocycles. The van der Waals surface area contributed by atoms with Gasteiger partial charge in [0.1, 0.15) is 0 Å². The Labute approximate surface area is 159 Å². The SMILES string of the molecule is CCCC(S)OB(OC(S)CCC)OC(CCC)SC(C)(C)C. The standard InChI is InChI=1S/C16H35BO3S3/c1-7-10-13(21)18-17(19-14(22)11-8-2)20-15(12-9-3)23-16(4,5)6/h13-15,21-22H,7-12H2,1-6H3. The van der Waals surface area contributed by atoms with Crippen LogP contribution in [0.4, 0.5) is 0 Å². The predicted molar refractivity (Wildman–Crippen MR) is 110 cm³/mol. The molecule has 0 N–H and O–H groups in total. The van der Waals surface area contributed by atoms with Gasteiger partial charge in [0.05, 0.1) is 16.3 Å². The minimum absolute atomic E-state index is 0.0364. The van der Waals surface area contributed by atoms with Gasteiger partial charge >= 0.3 is 7.32 Å². The lowest BCUT2D eigenvalue weighted by atomic mass is 10.2. The summed E-state index contributed by atoms with van der Waals surface area (Å²) in [5, 5.41) is 0. The molecule has 0 aromatic carbocycles. The minimum atomic E-state index is -0.718. The van der Waals surface area contributed by atoms with Gasteiger partial charge in [-0.1, -0.05) is 60.8 Å². The summed E-state index contributed by atoms with van der Waals surface area (Å²) in [4.78, 5) is 0. The van der Waals surface area contributed by atoms with E-state index in [0.29, 0.717) is 0 Å². The van der Waals surface area contributed by atoms with Gasteiger partial charge in [0.2, 0.25) is 0 Å². The zero-order chi connectivity index (χ0) is 17.9. The fourth-order valence-corrected chi connectivity index (χ4v) is 3.90. The summed E-state index contributed by atoms with van der Waals surface area (Å²) in [5.74, 6) is 0. The van der Waals surface area contributed by atoms with Gasteiger partial charge in [-0.15, -0.1) is 37.0 Å². The molecule has 0 saturated heterocycles. The molecule has 0 aromatic heterocycles. The first-order valence-corrected chi connectivity index (χ1v) is 10.6. The molecule has 0 radical (unpaired) electrons. The van der Waals surface area contributed by atoms with Gasteiger partial charge in [0.15, 0.2) is 0 Å². The first kappa shape index (κ1) is 24.0. The number of thiol groups is 2. The van der Waals surface area contributed by atoms with Crippen molar-refractivity contribution in [2.45, 2.75) is 101 Å². The van der Waals surface area contributed by atoms with Gasteiger partial charge in [-0.25, -0.2) is 0 Å². The van der Waals surface area contributed by atoms with E-state index in [0.717, 1.165) is 38.5 Å². The van der Waals surface area contributed by atoms with E-state index < -0.39 is 7.32 Å². The van der Waals surface area contributed by atoms with Crippen LogP contribution < -0.4 is 0 Å². The monoisotopic (exact) mass is 382 g/mol. The second kappa shape index (κ2) is 13.2. The lowest BCUT2D eigenvalue weighted by Crippen LogP contribution is -2.36. The Balaban J connectivity index is 4.77. The highest BCUT2D eigenvalue weighted by atomic mass is 32.2. The highest BCUT2D eigenvalue weighted by molar-refractivity contribution is 8.01. The summed E-state index contributed by atoms with van der Waals surface area (Å²) in [7, 11) is -0.718. The smallest absolute Gasteiger partial charge is 0.374 e. The third-order valence-corrected chi connectivity index (χ3v) is 4.96. The first-order valence-electron chi connectivity index (χ1n) is 8.72. The Bertz CT molecular complexity index is 276. The van der Waals surface area contributed by atoms with Crippen LogP contribution in [0.25, 0.3) is 0 Å². The van der Waals surface area contributed by atoms with E-state index >= 15 is 0 Å². The molecule has 0 fully saturated rings. The van der Waals surface area contributed by atoms with Crippen LogP contribution in [0.3, 0.4) is 0 Å². The van der Waals surface area contributed by atoms with Crippen LogP contribution in [-0.4, -0.2) is 28.4 Å². The summed E-state index contributed by atoms with van der Waals surface area (Å²) < 4.78 is 18.0. The van der Waals surface area contributed by atoms with Gasteiger partial charge in [0, 0.05) is 4.75 Å². The molecule has 0 saturated carbocycles.